The van der Waals surface area contributed by atoms with Crippen molar-refractivity contribution in [3.63, 3.8) is 0 Å². The topological polar surface area (TPSA) is 152 Å². The molecule has 15 heavy (non-hydrogen) atoms. The van der Waals surface area contributed by atoms with E-state index >= 15 is 0 Å². The van der Waals surface area contributed by atoms with Crippen LogP contribution in [0.15, 0.2) is 0 Å². The number of carboxylic acids is 3. The van der Waals surface area contributed by atoms with Crippen LogP contribution in [-0.2, 0) is 14.4 Å². The number of hydrogen-bond acceptors (Lipinski definition) is 6. The smallest absolute Gasteiger partial charge is 0.550 e. The van der Waals surface area contributed by atoms with Gasteiger partial charge in [0.15, 0.2) is 0 Å². The van der Waals surface area contributed by atoms with Crippen molar-refractivity contribution in [1.29, 1.82) is 0 Å². The second-order valence-electron chi connectivity index (χ2n) is 1.47. The quantitative estimate of drug-likeness (QED) is 0.393. The van der Waals surface area contributed by atoms with Crippen molar-refractivity contribution in [1.82, 2.24) is 0 Å². The summed E-state index contributed by atoms with van der Waals surface area (Å²) in [6.07, 6.45) is 0. The number of rotatable bonds is 0. The van der Waals surface area contributed by atoms with Gasteiger partial charge in [-0.2, -0.15) is 0 Å². The van der Waals surface area contributed by atoms with E-state index in [1.807, 2.05) is 0 Å². The first-order valence-corrected chi connectivity index (χ1v) is 2.72. The molecule has 0 aliphatic heterocycles. The van der Waals surface area contributed by atoms with E-state index in [0.717, 1.165) is 20.8 Å². The van der Waals surface area contributed by atoms with E-state index in [-0.39, 0.29) is 72.8 Å². The average molecular weight is 258 g/mol. The summed E-state index contributed by atoms with van der Waals surface area (Å²) in [7, 11) is 0. The molecule has 0 aromatic rings. The summed E-state index contributed by atoms with van der Waals surface area (Å²) < 4.78 is 0. The fourth-order valence-electron chi connectivity index (χ4n) is 0. The third kappa shape index (κ3) is 5880. The maximum absolute atomic E-state index is 8.89. The molecule has 0 aliphatic carbocycles. The molecule has 0 aromatic heterocycles. The van der Waals surface area contributed by atoms with Crippen LogP contribution in [0.2, 0.25) is 0 Å². The fourth-order valence-corrected chi connectivity index (χ4v) is 0. The Morgan fingerprint density at radius 2 is 0.733 bits per heavy atom. The third-order valence-corrected chi connectivity index (χ3v) is 0. The van der Waals surface area contributed by atoms with Crippen LogP contribution in [0, 0.1) is 0 Å². The van der Waals surface area contributed by atoms with E-state index < -0.39 is 17.9 Å². The van der Waals surface area contributed by atoms with Gasteiger partial charge in [-0.3, -0.25) is 0 Å². The average Bonchev–Trinajstić information content (AvgIpc) is 1.54. The predicted molar refractivity (Wildman–Crippen MR) is 41.4 cm³/mol. The van der Waals surface area contributed by atoms with Crippen molar-refractivity contribution in [2.45, 2.75) is 20.8 Å². The van der Waals surface area contributed by atoms with Crippen LogP contribution in [-0.4, -0.2) is 61.1 Å². The van der Waals surface area contributed by atoms with Crippen molar-refractivity contribution in [3.8, 4) is 0 Å². The molecule has 0 aromatic carbocycles. The molecule has 0 rings (SSSR count). The zero-order valence-corrected chi connectivity index (χ0v) is 13.4. The Bertz CT molecular complexity index is 121. The van der Waals surface area contributed by atoms with Gasteiger partial charge in [0.25, 0.3) is 0 Å². The second-order valence-corrected chi connectivity index (χ2v) is 1.47. The monoisotopic (exact) mass is 258 g/mol. The van der Waals surface area contributed by atoms with Crippen molar-refractivity contribution in [2.24, 2.45) is 0 Å². The van der Waals surface area contributed by atoms with Gasteiger partial charge in [-0.25, -0.2) is 0 Å². The molecule has 80 valence electrons. The summed E-state index contributed by atoms with van der Waals surface area (Å²) in [6.45, 7) is 2.92. The van der Waals surface area contributed by atoms with E-state index in [1.54, 1.807) is 0 Å². The molecule has 0 saturated carbocycles. The molecule has 2 N–H and O–H groups in total. The van der Waals surface area contributed by atoms with Crippen molar-refractivity contribution >= 4 is 55.6 Å². The Labute approximate surface area is 139 Å². The van der Waals surface area contributed by atoms with Gasteiger partial charge in [-0.05, 0) is 20.8 Å². The van der Waals surface area contributed by atoms with Crippen molar-refractivity contribution in [3.05, 3.63) is 0 Å². The minimum Gasteiger partial charge on any atom is -0.550 e. The first-order valence-electron chi connectivity index (χ1n) is 2.72. The normalized spacial score (nSPS) is 5.00. The molecule has 0 saturated heterocycles. The maximum atomic E-state index is 8.89. The van der Waals surface area contributed by atoms with Gasteiger partial charge < -0.3 is 35.2 Å². The molecule has 0 atom stereocenters. The van der Waals surface area contributed by atoms with Crippen LogP contribution >= 0.6 is 0 Å². The van der Waals surface area contributed by atoms with E-state index in [2.05, 4.69) is 0 Å². The molecule has 0 heterocycles. The Morgan fingerprint density at radius 3 is 0.733 bits per heavy atom. The van der Waals surface area contributed by atoms with Crippen LogP contribution < -0.4 is 44.9 Å². The Balaban J connectivity index is -0.0000000184. The minimum atomic E-state index is -1.08. The van der Waals surface area contributed by atoms with E-state index in [1.165, 1.54) is 0 Å². The Hall–Kier alpha value is 0.630. The molecule has 0 unspecified atom stereocenters. The molecule has 7 nitrogen and oxygen atoms in total. The molecule has 0 spiro atoms. The summed E-state index contributed by atoms with van der Waals surface area (Å²) in [4.78, 5) is 26.7. The fraction of sp³-hybridized carbons (Fsp3) is 0.500. The maximum Gasteiger partial charge on any atom is 2.00 e. The molecule has 0 radical (unpaired) electrons. The van der Waals surface area contributed by atoms with Crippen molar-refractivity contribution in [2.75, 3.05) is 0 Å². The molecule has 0 bridgehead atoms. The SMILES string of the molecule is CC(=O)[O-].CC(=O)[O-].CC(=O)[O-].O.[Ca+2].[Na+]. The number of carboxylic acid groups (broad SMARTS) is 3. The second kappa shape index (κ2) is 29.3. The van der Waals surface area contributed by atoms with Gasteiger partial charge in [0.1, 0.15) is 0 Å². The first kappa shape index (κ1) is 36.1. The van der Waals surface area contributed by atoms with Crippen LogP contribution in [0.5, 0.6) is 0 Å². The number of carbonyl (C=O) groups excluding carboxylic acids is 3. The van der Waals surface area contributed by atoms with Gasteiger partial charge in [0, 0.05) is 17.9 Å². The minimum absolute atomic E-state index is 0. The van der Waals surface area contributed by atoms with Gasteiger partial charge in [0.2, 0.25) is 0 Å². The largest absolute Gasteiger partial charge is 2.00 e. The summed E-state index contributed by atoms with van der Waals surface area (Å²) >= 11 is 0. The Kier molecular flexibility index (Phi) is 70.5. The number of hydrogen-bond donors (Lipinski definition) is 0. The van der Waals surface area contributed by atoms with Gasteiger partial charge in [-0.1, -0.05) is 0 Å². The molecular weight excluding hydrogens is 247 g/mol. The summed E-state index contributed by atoms with van der Waals surface area (Å²) in [5.74, 6) is -3.25. The van der Waals surface area contributed by atoms with E-state index in [9.17, 15) is 0 Å². The standard InChI is InChI=1S/3C2H4O2.Ca.Na.H2O/c3*1-2(3)4;;;/h3*1H3,(H,3,4);;;1H2/q;;;+2;+1;/p-3. The summed E-state index contributed by atoms with van der Waals surface area (Å²) in [5, 5.41) is 26.7. The van der Waals surface area contributed by atoms with Crippen LogP contribution in [0.25, 0.3) is 0 Å². The number of aliphatic carboxylic acids is 3. The first-order chi connectivity index (χ1) is 5.20. The van der Waals surface area contributed by atoms with Crippen LogP contribution in [0.1, 0.15) is 20.8 Å². The van der Waals surface area contributed by atoms with Crippen LogP contribution in [0.3, 0.4) is 0 Å². The number of carbonyl (C=O) groups is 3. The molecule has 0 amide bonds. The van der Waals surface area contributed by atoms with E-state index in [0.29, 0.717) is 0 Å². The summed E-state index contributed by atoms with van der Waals surface area (Å²) in [6, 6.07) is 0. The van der Waals surface area contributed by atoms with Crippen LogP contribution in [0.4, 0.5) is 0 Å². The van der Waals surface area contributed by atoms with Gasteiger partial charge in [-0.15, -0.1) is 0 Å². The van der Waals surface area contributed by atoms with Gasteiger partial charge in [0.05, 0.1) is 0 Å². The van der Waals surface area contributed by atoms with E-state index in [4.69, 9.17) is 29.7 Å². The molecule has 0 aliphatic rings. The molecule has 0 fully saturated rings. The summed E-state index contributed by atoms with van der Waals surface area (Å²) in [5.41, 5.74) is 0. The zero-order chi connectivity index (χ0) is 10.7. The Morgan fingerprint density at radius 1 is 0.733 bits per heavy atom. The third-order valence-electron chi connectivity index (χ3n) is 0. The van der Waals surface area contributed by atoms with Gasteiger partial charge >= 0.3 is 67.3 Å². The van der Waals surface area contributed by atoms with Crippen molar-refractivity contribution < 1.29 is 64.7 Å². The molecular formula is C6H11CaNaO7. The predicted octanol–water partition coefficient (Wildman–Crippen LogP) is -7.93. The molecule has 9 heteroatoms. The zero-order valence-electron chi connectivity index (χ0n) is 9.16.